The van der Waals surface area contributed by atoms with E-state index in [4.69, 9.17) is 0 Å². The maximum Gasteiger partial charge on any atom is 0.257 e. The number of amides is 3. The number of hydrazine groups is 1. The number of carbonyl (C=O) groups is 3. The molecule has 0 fully saturated rings. The second kappa shape index (κ2) is 11.5. The van der Waals surface area contributed by atoms with Crippen LogP contribution in [0.1, 0.15) is 39.5 Å². The number of hydrogen-bond donors (Lipinski definition) is 4. The van der Waals surface area contributed by atoms with Crippen LogP contribution in [0.15, 0.2) is 78.9 Å². The first-order chi connectivity index (χ1) is 15.9. The summed E-state index contributed by atoms with van der Waals surface area (Å²) < 4.78 is 0. The molecule has 1 unspecified atom stereocenters. The fourth-order valence-electron chi connectivity index (χ4n) is 3.38. The van der Waals surface area contributed by atoms with Crippen molar-refractivity contribution >= 4 is 23.4 Å². The molecule has 3 aromatic carbocycles. The molecule has 170 valence electrons. The summed E-state index contributed by atoms with van der Waals surface area (Å²) in [5.41, 5.74) is 9.16. The van der Waals surface area contributed by atoms with Crippen molar-refractivity contribution in [2.45, 2.75) is 26.3 Å². The monoisotopic (exact) mass is 444 g/mol. The normalized spacial score (nSPS) is 11.2. The molecule has 4 N–H and O–H groups in total. The third-order valence-electron chi connectivity index (χ3n) is 5.10. The summed E-state index contributed by atoms with van der Waals surface area (Å²) in [5.74, 6) is -1.08. The zero-order chi connectivity index (χ0) is 23.6. The van der Waals surface area contributed by atoms with Crippen molar-refractivity contribution in [3.63, 3.8) is 0 Å². The van der Waals surface area contributed by atoms with Crippen LogP contribution in [-0.4, -0.2) is 24.3 Å². The minimum absolute atomic E-state index is 0.0110. The first-order valence-electron chi connectivity index (χ1n) is 10.7. The molecule has 0 aliphatic heterocycles. The quantitative estimate of drug-likeness (QED) is 0.400. The van der Waals surface area contributed by atoms with E-state index in [9.17, 15) is 14.4 Å². The van der Waals surface area contributed by atoms with Gasteiger partial charge >= 0.3 is 0 Å². The van der Waals surface area contributed by atoms with E-state index in [1.807, 2.05) is 68.4 Å². The Kier molecular flexibility index (Phi) is 8.18. The number of aryl methyl sites for hydroxylation is 2. The molecular formula is C26H28N4O3. The first-order valence-corrected chi connectivity index (χ1v) is 10.7. The summed E-state index contributed by atoms with van der Waals surface area (Å²) in [6.07, 6.45) is -0.0344. The van der Waals surface area contributed by atoms with Gasteiger partial charge in [0.25, 0.3) is 11.8 Å². The maximum atomic E-state index is 12.6. The number of anilines is 1. The summed E-state index contributed by atoms with van der Waals surface area (Å²) in [4.78, 5) is 37.3. The van der Waals surface area contributed by atoms with E-state index < -0.39 is 11.9 Å². The molecule has 0 radical (unpaired) electrons. The van der Waals surface area contributed by atoms with Gasteiger partial charge in [-0.1, -0.05) is 66.2 Å². The van der Waals surface area contributed by atoms with Crippen LogP contribution < -0.4 is 21.5 Å². The minimum atomic E-state index is -0.552. The van der Waals surface area contributed by atoms with Crippen molar-refractivity contribution in [2.75, 3.05) is 11.9 Å². The average molecular weight is 445 g/mol. The predicted octanol–water partition coefficient (Wildman–Crippen LogP) is 3.42. The lowest BCUT2D eigenvalue weighted by atomic mass is 10.0. The molecule has 0 aliphatic carbocycles. The molecule has 1 atom stereocenters. The Morgan fingerprint density at radius 1 is 0.788 bits per heavy atom. The van der Waals surface area contributed by atoms with Crippen LogP contribution >= 0.6 is 0 Å². The van der Waals surface area contributed by atoms with Crippen LogP contribution in [-0.2, 0) is 9.59 Å². The van der Waals surface area contributed by atoms with E-state index in [1.54, 1.807) is 24.3 Å². The second-order valence-electron chi connectivity index (χ2n) is 7.78. The third-order valence-corrected chi connectivity index (χ3v) is 5.10. The second-order valence-corrected chi connectivity index (χ2v) is 7.78. The first kappa shape index (κ1) is 23.5. The van der Waals surface area contributed by atoms with E-state index in [0.717, 1.165) is 22.4 Å². The van der Waals surface area contributed by atoms with E-state index >= 15 is 0 Å². The molecule has 0 saturated heterocycles. The molecule has 3 rings (SSSR count). The smallest absolute Gasteiger partial charge is 0.257 e. The van der Waals surface area contributed by atoms with Crippen molar-refractivity contribution in [3.8, 4) is 0 Å². The molecule has 3 amide bonds. The van der Waals surface area contributed by atoms with Crippen LogP contribution in [0, 0.1) is 13.8 Å². The van der Waals surface area contributed by atoms with Gasteiger partial charge in [0.2, 0.25) is 5.91 Å². The summed E-state index contributed by atoms with van der Waals surface area (Å²) in [7, 11) is 0. The van der Waals surface area contributed by atoms with Crippen molar-refractivity contribution in [1.29, 1.82) is 0 Å². The zero-order valence-corrected chi connectivity index (χ0v) is 18.7. The molecule has 0 saturated carbocycles. The predicted molar refractivity (Wildman–Crippen MR) is 128 cm³/mol. The van der Waals surface area contributed by atoms with Gasteiger partial charge < -0.3 is 10.6 Å². The fourth-order valence-corrected chi connectivity index (χ4v) is 3.38. The van der Waals surface area contributed by atoms with Gasteiger partial charge in [0.15, 0.2) is 0 Å². The lowest BCUT2D eigenvalue weighted by Gasteiger charge is -2.19. The van der Waals surface area contributed by atoms with E-state index in [0.29, 0.717) is 5.56 Å². The Hall–Kier alpha value is -4.13. The van der Waals surface area contributed by atoms with Crippen LogP contribution in [0.3, 0.4) is 0 Å². The molecule has 7 nitrogen and oxygen atoms in total. The molecular weight excluding hydrogens is 416 g/mol. The Labute approximate surface area is 193 Å². The summed E-state index contributed by atoms with van der Waals surface area (Å²) in [6.45, 7) is 3.98. The van der Waals surface area contributed by atoms with Crippen molar-refractivity contribution in [3.05, 3.63) is 101 Å². The molecule has 0 heterocycles. The lowest BCUT2D eigenvalue weighted by molar-refractivity contribution is -0.128. The highest BCUT2D eigenvalue weighted by molar-refractivity contribution is 5.94. The van der Waals surface area contributed by atoms with Gasteiger partial charge in [-0.2, -0.15) is 0 Å². The standard InChI is InChI=1S/C26H28N4O3/c1-18-13-14-22(19(2)15-18)27-17-25(32)30-29-24(31)16-23(20-9-5-3-6-10-20)28-26(33)21-11-7-4-8-12-21/h3-15,23,27H,16-17H2,1-2H3,(H,28,33)(H,29,31)(H,30,32). The zero-order valence-electron chi connectivity index (χ0n) is 18.7. The van der Waals surface area contributed by atoms with E-state index in [-0.39, 0.29) is 24.8 Å². The number of carbonyl (C=O) groups excluding carboxylic acids is 3. The van der Waals surface area contributed by atoms with Crippen LogP contribution in [0.5, 0.6) is 0 Å². The number of benzene rings is 3. The molecule has 0 spiro atoms. The molecule has 7 heteroatoms. The van der Waals surface area contributed by atoms with E-state index in [1.165, 1.54) is 0 Å². The maximum absolute atomic E-state index is 12.6. The summed E-state index contributed by atoms with van der Waals surface area (Å²) in [6, 6.07) is 23.4. The molecule has 33 heavy (non-hydrogen) atoms. The molecule has 0 bridgehead atoms. The van der Waals surface area contributed by atoms with Crippen LogP contribution in [0.2, 0.25) is 0 Å². The third kappa shape index (κ3) is 7.21. The van der Waals surface area contributed by atoms with Crippen LogP contribution in [0.4, 0.5) is 5.69 Å². The van der Waals surface area contributed by atoms with E-state index in [2.05, 4.69) is 21.5 Å². The van der Waals surface area contributed by atoms with Crippen LogP contribution in [0.25, 0.3) is 0 Å². The van der Waals surface area contributed by atoms with Gasteiger partial charge in [0.05, 0.1) is 19.0 Å². The highest BCUT2D eigenvalue weighted by Crippen LogP contribution is 2.18. The fraction of sp³-hybridized carbons (Fsp3) is 0.192. The van der Waals surface area contributed by atoms with Crippen molar-refractivity contribution < 1.29 is 14.4 Å². The Balaban J connectivity index is 1.54. The topological polar surface area (TPSA) is 99.3 Å². The minimum Gasteiger partial charge on any atom is -0.376 e. The Morgan fingerprint density at radius 3 is 2.09 bits per heavy atom. The average Bonchev–Trinajstić information content (AvgIpc) is 2.83. The molecule has 3 aromatic rings. The highest BCUT2D eigenvalue weighted by Gasteiger charge is 2.19. The summed E-state index contributed by atoms with van der Waals surface area (Å²) >= 11 is 0. The number of hydrogen-bond acceptors (Lipinski definition) is 4. The summed E-state index contributed by atoms with van der Waals surface area (Å²) in [5, 5.41) is 5.95. The Morgan fingerprint density at radius 2 is 1.42 bits per heavy atom. The van der Waals surface area contributed by atoms with Crippen molar-refractivity contribution in [1.82, 2.24) is 16.2 Å². The van der Waals surface area contributed by atoms with Crippen molar-refractivity contribution in [2.24, 2.45) is 0 Å². The SMILES string of the molecule is Cc1ccc(NCC(=O)NNC(=O)CC(NC(=O)c2ccccc2)c2ccccc2)c(C)c1. The lowest BCUT2D eigenvalue weighted by Crippen LogP contribution is -2.45. The highest BCUT2D eigenvalue weighted by atomic mass is 16.2. The van der Waals surface area contributed by atoms with Gasteiger partial charge in [0, 0.05) is 11.3 Å². The number of rotatable bonds is 8. The van der Waals surface area contributed by atoms with Gasteiger partial charge in [-0.25, -0.2) is 0 Å². The molecule has 0 aromatic heterocycles. The van der Waals surface area contributed by atoms with Gasteiger partial charge in [-0.3, -0.25) is 25.2 Å². The Bertz CT molecular complexity index is 1100. The van der Waals surface area contributed by atoms with Gasteiger partial charge in [-0.05, 0) is 43.2 Å². The number of nitrogens with one attached hydrogen (secondary N) is 4. The van der Waals surface area contributed by atoms with Gasteiger partial charge in [-0.15, -0.1) is 0 Å². The largest absolute Gasteiger partial charge is 0.376 e. The molecule has 0 aliphatic rings. The van der Waals surface area contributed by atoms with Gasteiger partial charge in [0.1, 0.15) is 0 Å².